The molecule has 27 heavy (non-hydrogen) atoms. The first-order valence-corrected chi connectivity index (χ1v) is 9.14. The van der Waals surface area contributed by atoms with Gasteiger partial charge >= 0.3 is 6.36 Å². The topological polar surface area (TPSA) is 64.4 Å². The zero-order valence-corrected chi connectivity index (χ0v) is 16.0. The Kier molecular flexibility index (Phi) is 7.03. The van der Waals surface area contributed by atoms with Gasteiger partial charge < -0.3 is 15.8 Å². The minimum atomic E-state index is -4.71. The number of rotatable bonds is 4. The average Bonchev–Trinajstić information content (AvgIpc) is 2.53. The van der Waals surface area contributed by atoms with Crippen molar-refractivity contribution in [3.05, 3.63) is 29.8 Å². The molecule has 2 fully saturated rings. The summed E-state index contributed by atoms with van der Waals surface area (Å²) in [7, 11) is 0. The molecule has 0 aliphatic heterocycles. The quantitative estimate of drug-likeness (QED) is 0.781. The maximum atomic E-state index is 12.6. The van der Waals surface area contributed by atoms with Gasteiger partial charge in [-0.05, 0) is 62.1 Å². The van der Waals surface area contributed by atoms with Crippen LogP contribution in [-0.4, -0.2) is 18.3 Å². The van der Waals surface area contributed by atoms with Crippen molar-refractivity contribution in [1.29, 1.82) is 0 Å². The number of nitrogens with two attached hydrogens (primary N) is 1. The predicted molar refractivity (Wildman–Crippen MR) is 98.5 cm³/mol. The minimum absolute atomic E-state index is 0. The number of ether oxygens (including phenoxy) is 1. The average molecular weight is 407 g/mol. The Labute approximate surface area is 163 Å². The molecule has 0 radical (unpaired) electrons. The molecule has 2 bridgehead atoms. The van der Waals surface area contributed by atoms with Crippen LogP contribution in [-0.2, 0) is 4.79 Å². The third kappa shape index (κ3) is 5.51. The zero-order chi connectivity index (χ0) is 18.9. The van der Waals surface area contributed by atoms with E-state index in [2.05, 4.69) is 10.1 Å². The second-order valence-corrected chi connectivity index (χ2v) is 7.54. The Morgan fingerprint density at radius 2 is 1.74 bits per heavy atom. The number of carbonyl (C=O) groups is 1. The maximum absolute atomic E-state index is 12.6. The fraction of sp³-hybridized carbons (Fsp3) is 0.632. The largest absolute Gasteiger partial charge is 0.573 e. The van der Waals surface area contributed by atoms with Crippen LogP contribution in [0.1, 0.15) is 50.6 Å². The normalized spacial score (nSPS) is 28.6. The first-order valence-electron chi connectivity index (χ1n) is 9.14. The van der Waals surface area contributed by atoms with E-state index in [-0.39, 0.29) is 42.1 Å². The summed E-state index contributed by atoms with van der Waals surface area (Å²) < 4.78 is 40.5. The van der Waals surface area contributed by atoms with Gasteiger partial charge in [0.2, 0.25) is 5.91 Å². The molecule has 1 amide bonds. The first-order chi connectivity index (χ1) is 12.2. The van der Waals surface area contributed by atoms with Gasteiger partial charge in [-0.3, -0.25) is 4.79 Å². The van der Waals surface area contributed by atoms with Crippen molar-refractivity contribution in [3.8, 4) is 5.75 Å². The summed E-state index contributed by atoms with van der Waals surface area (Å²) >= 11 is 0. The molecule has 1 aromatic rings. The lowest BCUT2D eigenvalue weighted by Crippen LogP contribution is -2.49. The first kappa shape index (κ1) is 21.8. The Hall–Kier alpha value is -1.47. The number of fused-ring (bicyclic) bond motifs is 2. The van der Waals surface area contributed by atoms with Crippen molar-refractivity contribution in [2.45, 2.75) is 57.5 Å². The maximum Gasteiger partial charge on any atom is 0.573 e. The van der Waals surface area contributed by atoms with Crippen LogP contribution in [0.2, 0.25) is 0 Å². The Bertz CT molecular complexity index is 625. The summed E-state index contributed by atoms with van der Waals surface area (Å²) in [6.45, 7) is 1.83. The van der Waals surface area contributed by atoms with Crippen molar-refractivity contribution < 1.29 is 22.7 Å². The van der Waals surface area contributed by atoms with Gasteiger partial charge in [0.1, 0.15) is 5.75 Å². The number of carbonyl (C=O) groups excluding carboxylic acids is 1. The van der Waals surface area contributed by atoms with Gasteiger partial charge in [-0.1, -0.05) is 18.6 Å². The van der Waals surface area contributed by atoms with E-state index in [1.54, 1.807) is 0 Å². The second kappa shape index (κ2) is 8.69. The summed E-state index contributed by atoms with van der Waals surface area (Å²) in [5.74, 6) is 0.561. The smallest absolute Gasteiger partial charge is 0.406 e. The van der Waals surface area contributed by atoms with Crippen LogP contribution >= 0.6 is 12.4 Å². The van der Waals surface area contributed by atoms with E-state index in [1.165, 1.54) is 30.7 Å². The SMILES string of the molecule is CC(NC(=O)C1CC2CCCC(C1)C2N)c1ccc(OC(F)(F)F)cc1.Cl. The number of benzene rings is 1. The van der Waals surface area contributed by atoms with Gasteiger partial charge in [0.05, 0.1) is 6.04 Å². The highest BCUT2D eigenvalue weighted by Crippen LogP contribution is 2.42. The summed E-state index contributed by atoms with van der Waals surface area (Å²) in [5, 5.41) is 2.99. The van der Waals surface area contributed by atoms with Gasteiger partial charge in [0.15, 0.2) is 0 Å². The van der Waals surface area contributed by atoms with Crippen molar-refractivity contribution in [2.24, 2.45) is 23.5 Å². The van der Waals surface area contributed by atoms with Gasteiger partial charge in [-0.15, -0.1) is 25.6 Å². The Morgan fingerprint density at radius 1 is 1.19 bits per heavy atom. The van der Waals surface area contributed by atoms with Crippen LogP contribution in [0, 0.1) is 17.8 Å². The molecular formula is C19H26ClF3N2O2. The molecule has 0 saturated heterocycles. The fourth-order valence-corrected chi connectivity index (χ4v) is 4.38. The van der Waals surface area contributed by atoms with Crippen molar-refractivity contribution in [1.82, 2.24) is 5.32 Å². The third-order valence-corrected chi connectivity index (χ3v) is 5.76. The van der Waals surface area contributed by atoms with Crippen molar-refractivity contribution in [3.63, 3.8) is 0 Å². The van der Waals surface area contributed by atoms with E-state index in [4.69, 9.17) is 5.73 Å². The number of amides is 1. The molecule has 8 heteroatoms. The van der Waals surface area contributed by atoms with E-state index >= 15 is 0 Å². The molecule has 3 rings (SSSR count). The number of alkyl halides is 3. The lowest BCUT2D eigenvalue weighted by atomic mass is 9.65. The van der Waals surface area contributed by atoms with Gasteiger partial charge in [0, 0.05) is 12.0 Å². The molecule has 4 nitrogen and oxygen atoms in total. The second-order valence-electron chi connectivity index (χ2n) is 7.54. The summed E-state index contributed by atoms with van der Waals surface area (Å²) in [6, 6.07) is 5.53. The standard InChI is InChI=1S/C19H25F3N2O2.ClH/c1-11(12-5-7-16(8-6-12)26-19(20,21)22)24-18(25)15-9-13-3-2-4-14(10-15)17(13)23;/h5-8,11,13-15,17H,2-4,9-10,23H2,1H3,(H,24,25);1H. The molecule has 0 aromatic heterocycles. The molecule has 0 heterocycles. The van der Waals surface area contributed by atoms with Gasteiger partial charge in [0.25, 0.3) is 0 Å². The van der Waals surface area contributed by atoms with Crippen LogP contribution < -0.4 is 15.8 Å². The number of hydrogen-bond donors (Lipinski definition) is 2. The van der Waals surface area contributed by atoms with Crippen LogP contribution in [0.5, 0.6) is 5.75 Å². The summed E-state index contributed by atoms with van der Waals surface area (Å²) in [6.07, 6.45) is 0.333. The molecule has 2 aliphatic rings. The lowest BCUT2D eigenvalue weighted by Gasteiger charge is -2.43. The van der Waals surface area contributed by atoms with Crippen LogP contribution in [0.4, 0.5) is 13.2 Å². The van der Waals surface area contributed by atoms with E-state index < -0.39 is 6.36 Å². The molecule has 152 valence electrons. The predicted octanol–water partition coefficient (Wildman–Crippen LogP) is 4.34. The van der Waals surface area contributed by atoms with Crippen molar-refractivity contribution >= 4 is 18.3 Å². The Morgan fingerprint density at radius 3 is 2.26 bits per heavy atom. The monoisotopic (exact) mass is 406 g/mol. The summed E-state index contributed by atoms with van der Waals surface area (Å²) in [4.78, 5) is 12.6. The molecule has 3 N–H and O–H groups in total. The fourth-order valence-electron chi connectivity index (χ4n) is 4.38. The lowest BCUT2D eigenvalue weighted by molar-refractivity contribution is -0.274. The molecule has 3 unspecified atom stereocenters. The highest BCUT2D eigenvalue weighted by molar-refractivity contribution is 5.85. The highest BCUT2D eigenvalue weighted by Gasteiger charge is 2.40. The molecule has 3 atom stereocenters. The van der Waals surface area contributed by atoms with E-state index in [0.29, 0.717) is 11.8 Å². The van der Waals surface area contributed by atoms with E-state index in [0.717, 1.165) is 31.2 Å². The molecule has 1 aromatic carbocycles. The molecule has 2 aliphatic carbocycles. The zero-order valence-electron chi connectivity index (χ0n) is 15.2. The third-order valence-electron chi connectivity index (χ3n) is 5.76. The number of halogens is 4. The number of nitrogens with one attached hydrogen (secondary N) is 1. The molecule has 0 spiro atoms. The molecule has 2 saturated carbocycles. The highest BCUT2D eigenvalue weighted by atomic mass is 35.5. The van der Waals surface area contributed by atoms with Crippen LogP contribution in [0.3, 0.4) is 0 Å². The Balaban J connectivity index is 0.00000261. The van der Waals surface area contributed by atoms with Gasteiger partial charge in [-0.2, -0.15) is 0 Å². The number of hydrogen-bond acceptors (Lipinski definition) is 3. The van der Waals surface area contributed by atoms with Gasteiger partial charge in [-0.25, -0.2) is 0 Å². The van der Waals surface area contributed by atoms with E-state index in [9.17, 15) is 18.0 Å². The van der Waals surface area contributed by atoms with Crippen LogP contribution in [0.15, 0.2) is 24.3 Å². The molecular weight excluding hydrogens is 381 g/mol. The van der Waals surface area contributed by atoms with Crippen LogP contribution in [0.25, 0.3) is 0 Å². The minimum Gasteiger partial charge on any atom is -0.406 e. The van der Waals surface area contributed by atoms with Crippen molar-refractivity contribution in [2.75, 3.05) is 0 Å². The van der Waals surface area contributed by atoms with E-state index in [1.807, 2.05) is 6.92 Å². The summed E-state index contributed by atoms with van der Waals surface area (Å²) in [5.41, 5.74) is 7.01.